The van der Waals surface area contributed by atoms with E-state index in [1.54, 1.807) is 24.3 Å². The van der Waals surface area contributed by atoms with Gasteiger partial charge in [-0.05, 0) is 36.4 Å². The molecule has 3 rings (SSSR count). The highest BCUT2D eigenvalue weighted by atomic mass is 16.3. The number of H-pyrrole nitrogens is 2. The number of hydrogen-bond acceptors (Lipinski definition) is 6. The molecule has 8 heteroatoms. The number of hydrogen-bond donors (Lipinski definition) is 3. The highest BCUT2D eigenvalue weighted by Crippen LogP contribution is 2.21. The number of aromatic hydroxyl groups is 1. The van der Waals surface area contributed by atoms with Gasteiger partial charge in [0.1, 0.15) is 5.56 Å². The Kier molecular flexibility index (Phi) is 4.61. The lowest BCUT2D eigenvalue weighted by Gasteiger charge is -1.97. The number of rotatable bonds is 4. The van der Waals surface area contributed by atoms with Crippen LogP contribution in [0.25, 0.3) is 0 Å². The summed E-state index contributed by atoms with van der Waals surface area (Å²) in [7, 11) is 0. The SMILES string of the molecule is O=c1[nH]c(O)c(C=Nc2ccc(N=Nc3ccccc3)cc2)c(=O)[nH]1. The molecule has 0 aliphatic rings. The lowest BCUT2D eigenvalue weighted by atomic mass is 10.3. The van der Waals surface area contributed by atoms with E-state index in [4.69, 9.17) is 0 Å². The van der Waals surface area contributed by atoms with Crippen molar-refractivity contribution in [1.82, 2.24) is 9.97 Å². The van der Waals surface area contributed by atoms with Gasteiger partial charge in [-0.1, -0.05) is 18.2 Å². The highest BCUT2D eigenvalue weighted by molar-refractivity contribution is 5.83. The van der Waals surface area contributed by atoms with E-state index >= 15 is 0 Å². The fourth-order valence-electron chi connectivity index (χ4n) is 1.96. The smallest absolute Gasteiger partial charge is 0.328 e. The lowest BCUT2D eigenvalue weighted by molar-refractivity contribution is 0.447. The van der Waals surface area contributed by atoms with Crippen LogP contribution < -0.4 is 11.2 Å². The molecule has 0 saturated carbocycles. The van der Waals surface area contributed by atoms with Crippen molar-refractivity contribution in [2.75, 3.05) is 0 Å². The molecule has 0 amide bonds. The normalized spacial score (nSPS) is 11.4. The number of aromatic nitrogens is 2. The number of azo groups is 1. The number of nitrogens with one attached hydrogen (secondary N) is 2. The van der Waals surface area contributed by atoms with Crippen LogP contribution in [0, 0.1) is 0 Å². The molecule has 124 valence electrons. The second-order valence-corrected chi connectivity index (χ2v) is 4.98. The minimum Gasteiger partial charge on any atom is -0.494 e. The molecule has 2 aromatic carbocycles. The summed E-state index contributed by atoms with van der Waals surface area (Å²) in [5.41, 5.74) is 0.298. The largest absolute Gasteiger partial charge is 0.494 e. The summed E-state index contributed by atoms with van der Waals surface area (Å²) in [5, 5.41) is 17.8. The van der Waals surface area contributed by atoms with E-state index in [-0.39, 0.29) is 5.56 Å². The van der Waals surface area contributed by atoms with Crippen molar-refractivity contribution in [3.05, 3.63) is 81.0 Å². The minimum absolute atomic E-state index is 0.132. The van der Waals surface area contributed by atoms with Crippen molar-refractivity contribution >= 4 is 23.3 Å². The van der Waals surface area contributed by atoms with E-state index in [0.717, 1.165) is 5.69 Å². The third-order valence-corrected chi connectivity index (χ3v) is 3.19. The Morgan fingerprint density at radius 1 is 0.800 bits per heavy atom. The van der Waals surface area contributed by atoms with E-state index in [0.29, 0.717) is 11.4 Å². The molecule has 0 aliphatic carbocycles. The van der Waals surface area contributed by atoms with Crippen LogP contribution >= 0.6 is 0 Å². The Labute approximate surface area is 141 Å². The zero-order chi connectivity index (χ0) is 17.6. The van der Waals surface area contributed by atoms with Gasteiger partial charge in [-0.15, -0.1) is 0 Å². The van der Waals surface area contributed by atoms with Crippen LogP contribution in [-0.4, -0.2) is 21.3 Å². The Balaban J connectivity index is 1.76. The van der Waals surface area contributed by atoms with E-state index in [9.17, 15) is 14.7 Å². The molecule has 0 radical (unpaired) electrons. The van der Waals surface area contributed by atoms with E-state index in [2.05, 4.69) is 20.2 Å². The van der Waals surface area contributed by atoms with Crippen molar-refractivity contribution in [2.45, 2.75) is 0 Å². The Morgan fingerprint density at radius 3 is 2.04 bits per heavy atom. The van der Waals surface area contributed by atoms with Gasteiger partial charge >= 0.3 is 5.69 Å². The lowest BCUT2D eigenvalue weighted by Crippen LogP contribution is -2.24. The summed E-state index contributed by atoms with van der Waals surface area (Å²) < 4.78 is 0. The van der Waals surface area contributed by atoms with Gasteiger partial charge in [-0.25, -0.2) is 4.79 Å². The molecule has 1 heterocycles. The van der Waals surface area contributed by atoms with Crippen molar-refractivity contribution in [3.8, 4) is 5.88 Å². The second kappa shape index (κ2) is 7.18. The quantitative estimate of drug-likeness (QED) is 0.501. The number of benzene rings is 2. The Morgan fingerprint density at radius 2 is 1.40 bits per heavy atom. The summed E-state index contributed by atoms with van der Waals surface area (Å²) in [5.74, 6) is -0.536. The molecule has 1 aromatic heterocycles. The van der Waals surface area contributed by atoms with Gasteiger partial charge in [0.25, 0.3) is 5.56 Å². The molecule has 0 aliphatic heterocycles. The monoisotopic (exact) mass is 335 g/mol. The summed E-state index contributed by atoms with van der Waals surface area (Å²) in [4.78, 5) is 30.8. The zero-order valence-electron chi connectivity index (χ0n) is 12.9. The van der Waals surface area contributed by atoms with Crippen molar-refractivity contribution in [3.63, 3.8) is 0 Å². The zero-order valence-corrected chi connectivity index (χ0v) is 12.9. The second-order valence-electron chi connectivity index (χ2n) is 4.98. The molecular formula is C17H13N5O3. The van der Waals surface area contributed by atoms with Gasteiger partial charge in [0.05, 0.1) is 17.1 Å². The van der Waals surface area contributed by atoms with Gasteiger partial charge in [-0.3, -0.25) is 19.8 Å². The third-order valence-electron chi connectivity index (χ3n) is 3.19. The fraction of sp³-hybridized carbons (Fsp3) is 0. The standard InChI is InChI=1S/C17H13N5O3/c23-15-14(16(24)20-17(25)19-15)10-18-11-6-8-13(9-7-11)22-21-12-4-2-1-3-5-12/h1-10H,(H3,19,20,23,24,25). The predicted molar refractivity (Wildman–Crippen MR) is 93.7 cm³/mol. The molecule has 0 bridgehead atoms. The van der Waals surface area contributed by atoms with Crippen molar-refractivity contribution in [2.24, 2.45) is 15.2 Å². The first kappa shape index (κ1) is 16.1. The first-order valence-corrected chi connectivity index (χ1v) is 7.28. The maximum Gasteiger partial charge on any atom is 0.328 e. The van der Waals surface area contributed by atoms with Crippen LogP contribution in [0.1, 0.15) is 5.56 Å². The van der Waals surface area contributed by atoms with Crippen molar-refractivity contribution < 1.29 is 5.11 Å². The molecule has 0 atom stereocenters. The van der Waals surface area contributed by atoms with Crippen LogP contribution in [0.15, 0.2) is 79.4 Å². The molecule has 0 fully saturated rings. The molecule has 0 spiro atoms. The maximum absolute atomic E-state index is 11.6. The molecule has 0 unspecified atom stereocenters. The van der Waals surface area contributed by atoms with E-state index < -0.39 is 17.1 Å². The van der Waals surface area contributed by atoms with Gasteiger partial charge in [0.15, 0.2) is 0 Å². The van der Waals surface area contributed by atoms with Crippen LogP contribution in [0.3, 0.4) is 0 Å². The van der Waals surface area contributed by atoms with Crippen LogP contribution in [-0.2, 0) is 0 Å². The summed E-state index contributed by atoms with van der Waals surface area (Å²) in [6.07, 6.45) is 1.17. The Bertz CT molecular complexity index is 1030. The molecule has 0 saturated heterocycles. The minimum atomic E-state index is -0.784. The predicted octanol–water partition coefficient (Wildman–Crippen LogP) is 2.93. The fourth-order valence-corrected chi connectivity index (χ4v) is 1.96. The summed E-state index contributed by atoms with van der Waals surface area (Å²) in [6, 6.07) is 16.1. The summed E-state index contributed by atoms with van der Waals surface area (Å²) in [6.45, 7) is 0. The average molecular weight is 335 g/mol. The Hall–Kier alpha value is -3.81. The molecular weight excluding hydrogens is 322 g/mol. The van der Waals surface area contributed by atoms with E-state index in [1.807, 2.05) is 35.3 Å². The van der Waals surface area contributed by atoms with Crippen LogP contribution in [0.5, 0.6) is 5.88 Å². The first-order valence-electron chi connectivity index (χ1n) is 7.28. The number of aromatic amines is 2. The maximum atomic E-state index is 11.6. The first-order chi connectivity index (χ1) is 12.1. The summed E-state index contributed by atoms with van der Waals surface area (Å²) >= 11 is 0. The van der Waals surface area contributed by atoms with E-state index in [1.165, 1.54) is 6.21 Å². The molecule has 3 N–H and O–H groups in total. The van der Waals surface area contributed by atoms with Gasteiger partial charge < -0.3 is 5.11 Å². The van der Waals surface area contributed by atoms with Gasteiger partial charge in [-0.2, -0.15) is 10.2 Å². The number of aliphatic imine (C=N–C) groups is 1. The molecule has 25 heavy (non-hydrogen) atoms. The molecule has 3 aromatic rings. The van der Waals surface area contributed by atoms with Crippen LogP contribution in [0.4, 0.5) is 17.1 Å². The van der Waals surface area contributed by atoms with Gasteiger partial charge in [0.2, 0.25) is 5.88 Å². The van der Waals surface area contributed by atoms with Crippen LogP contribution in [0.2, 0.25) is 0 Å². The number of nitrogens with zero attached hydrogens (tertiary/aromatic N) is 3. The third kappa shape index (κ3) is 4.14. The molecule has 8 nitrogen and oxygen atoms in total. The van der Waals surface area contributed by atoms with Gasteiger partial charge in [0, 0.05) is 6.21 Å². The highest BCUT2D eigenvalue weighted by Gasteiger charge is 2.05. The van der Waals surface area contributed by atoms with Crippen molar-refractivity contribution in [1.29, 1.82) is 0 Å². The topological polar surface area (TPSA) is 123 Å². The average Bonchev–Trinajstić information content (AvgIpc) is 2.61.